The van der Waals surface area contributed by atoms with E-state index in [1.807, 2.05) is 34.6 Å². The van der Waals surface area contributed by atoms with E-state index < -0.39 is 133 Å². The number of amides is 5. The van der Waals surface area contributed by atoms with E-state index in [4.69, 9.17) is 77.9 Å². The molecular weight excluding hydrogens is 1880 g/mol. The monoisotopic (exact) mass is 1980 g/mol. The molecule has 19 rings (SSSR count). The third-order valence-corrected chi connectivity index (χ3v) is 27.4. The summed E-state index contributed by atoms with van der Waals surface area (Å²) in [6, 6.07) is 19.4. The van der Waals surface area contributed by atoms with Gasteiger partial charge in [-0.25, -0.2) is 93.1 Å². The molecule has 142 heavy (non-hydrogen) atoms. The summed E-state index contributed by atoms with van der Waals surface area (Å²) in [6.45, 7) is 18.4. The first-order valence-electron chi connectivity index (χ1n) is 45.6. The van der Waals surface area contributed by atoms with Crippen LogP contribution in [0.3, 0.4) is 0 Å². The third-order valence-electron chi connectivity index (χ3n) is 27.4. The summed E-state index contributed by atoms with van der Waals surface area (Å²) in [5.74, 6) is -15.5. The van der Waals surface area contributed by atoms with Crippen LogP contribution in [0, 0.1) is 113 Å². The molecule has 11 aliphatic rings. The van der Waals surface area contributed by atoms with Gasteiger partial charge in [0.15, 0.2) is 87.6 Å². The number of pyridine rings is 3. The Morgan fingerprint density at radius 1 is 0.387 bits per heavy atom. The molecule has 0 radical (unpaired) electrons. The van der Waals surface area contributed by atoms with E-state index in [2.05, 4.69) is 44.8 Å². The SMILES string of the molecule is CC[C@H]1C[C@H]2C(=O)N(C)C(N)=N[C@@]2(c2cc(OCC3CC3)c(F)cc2F)CO1.CC[C@H]1C[C@H]2C(=O)N(C)C(N)=N[C@@]2(c2cc(Oc3cc(C)ccn3)c(F)cc2F)CO1.C[C@H]1C[C@H]2C(=O)N(C)C(N)=N[C@@]2(c2cc(Oc3ncccc3F)c(F)cc2F)CO1.C[C@H]1C[C@H]2C(=O)N(C)C(N)=N[C@@]2(c2ccc(F)cc2F)CO1.[C-]#[N+]c1ccnc(Oc2cc([C@]34CO[C@@H](C)C[C@H]3C(=O)N(C)C(N)=N4)c(F)cc2F)c1. The summed E-state index contributed by atoms with van der Waals surface area (Å²) in [5.41, 5.74) is 23.8. The van der Waals surface area contributed by atoms with Crippen LogP contribution >= 0.6 is 0 Å². The van der Waals surface area contributed by atoms with Crippen molar-refractivity contribution >= 4 is 65.0 Å². The molecule has 0 spiro atoms. The van der Waals surface area contributed by atoms with Gasteiger partial charge in [-0.3, -0.25) is 48.5 Å². The molecule has 10 aliphatic heterocycles. The second-order valence-corrected chi connectivity index (χ2v) is 36.6. The fraction of sp³-hybridized carbons (Fsp3) is 0.429. The Bertz CT molecular complexity index is 6480. The van der Waals surface area contributed by atoms with E-state index in [1.54, 1.807) is 26.1 Å². The number of hydrogen-bond donors (Lipinski definition) is 5. The van der Waals surface area contributed by atoms with Crippen LogP contribution in [0.2, 0.25) is 0 Å². The van der Waals surface area contributed by atoms with Crippen LogP contribution in [0.5, 0.6) is 40.6 Å². The number of halogens is 11. The number of carbonyl (C=O) groups is 5. The molecule has 1 aliphatic carbocycles. The molecule has 10 N–H and O–H groups in total. The number of hydrogen-bond acceptors (Lipinski definition) is 27. The summed E-state index contributed by atoms with van der Waals surface area (Å²) in [7, 11) is 7.58. The quantitative estimate of drug-likeness (QED) is 0.0443. The molecule has 5 amide bonds. The van der Waals surface area contributed by atoms with E-state index in [1.165, 1.54) is 108 Å². The van der Waals surface area contributed by atoms with Crippen molar-refractivity contribution < 1.29 is 115 Å². The fourth-order valence-corrected chi connectivity index (χ4v) is 19.0. The van der Waals surface area contributed by atoms with Crippen LogP contribution in [-0.2, 0) is 75.4 Å². The van der Waals surface area contributed by atoms with Gasteiger partial charge in [-0.05, 0) is 152 Å². The first-order chi connectivity index (χ1) is 67.4. The molecule has 13 heterocycles. The zero-order chi connectivity index (χ0) is 102. The lowest BCUT2D eigenvalue weighted by atomic mass is 9.72. The molecule has 752 valence electrons. The fourth-order valence-electron chi connectivity index (χ4n) is 19.0. The minimum atomic E-state index is -1.50. The highest BCUT2D eigenvalue weighted by Crippen LogP contribution is 2.54. The van der Waals surface area contributed by atoms with E-state index >= 15 is 8.78 Å². The number of nitrogens with two attached hydrogens (primary N) is 5. The molecule has 3 aromatic heterocycles. The predicted molar refractivity (Wildman–Crippen MR) is 491 cm³/mol. The van der Waals surface area contributed by atoms with Gasteiger partial charge in [-0.1, -0.05) is 19.9 Å². The zero-order valence-corrected chi connectivity index (χ0v) is 79.0. The molecule has 8 aromatic rings. The average molecular weight is 1980 g/mol. The molecule has 15 atom stereocenters. The number of benzene rings is 5. The maximum absolute atomic E-state index is 15.1. The lowest BCUT2D eigenvalue weighted by Gasteiger charge is -2.47. The number of rotatable bonds is 16. The Morgan fingerprint density at radius 2 is 0.725 bits per heavy atom. The number of ether oxygens (including phenoxy) is 9. The highest BCUT2D eigenvalue weighted by atomic mass is 19.2. The zero-order valence-electron chi connectivity index (χ0n) is 79.0. The maximum atomic E-state index is 15.1. The second-order valence-electron chi connectivity index (χ2n) is 36.6. The van der Waals surface area contributed by atoms with Gasteiger partial charge < -0.3 is 71.3 Å². The predicted octanol–water partition coefficient (Wildman–Crippen LogP) is 13.0. The maximum Gasteiger partial charge on any atom is 0.255 e. The molecule has 0 bridgehead atoms. The second kappa shape index (κ2) is 40.9. The van der Waals surface area contributed by atoms with Crippen LogP contribution in [0.1, 0.15) is 126 Å². The summed E-state index contributed by atoms with van der Waals surface area (Å²) in [6.07, 6.45) is 8.42. The van der Waals surface area contributed by atoms with Crippen LogP contribution in [-0.4, -0.2) is 204 Å². The van der Waals surface area contributed by atoms with Gasteiger partial charge in [0, 0.05) is 124 Å². The molecule has 5 aromatic carbocycles. The van der Waals surface area contributed by atoms with Gasteiger partial charge in [0.2, 0.25) is 41.3 Å². The number of aryl methyl sites for hydroxylation is 1. The van der Waals surface area contributed by atoms with E-state index in [-0.39, 0.29) is 192 Å². The van der Waals surface area contributed by atoms with E-state index in [0.29, 0.717) is 56.8 Å². The molecule has 5 saturated heterocycles. The number of nitrogens with zero attached hydrogens (tertiary/aromatic N) is 14. The largest absolute Gasteiger partial charge is 0.490 e. The first kappa shape index (κ1) is 102. The van der Waals surface area contributed by atoms with Crippen molar-refractivity contribution in [1.29, 1.82) is 0 Å². The van der Waals surface area contributed by atoms with Crippen molar-refractivity contribution in [1.82, 2.24) is 39.5 Å². The number of aromatic nitrogens is 3. The van der Waals surface area contributed by atoms with Gasteiger partial charge >= 0.3 is 0 Å². The Kier molecular flexibility index (Phi) is 29.5. The highest BCUT2D eigenvalue weighted by molar-refractivity contribution is 6.03. The van der Waals surface area contributed by atoms with Crippen LogP contribution < -0.4 is 47.6 Å². The van der Waals surface area contributed by atoms with E-state index in [0.717, 1.165) is 67.3 Å². The number of guanidine groups is 5. The van der Waals surface area contributed by atoms with Crippen LogP contribution in [0.25, 0.3) is 4.85 Å². The van der Waals surface area contributed by atoms with Crippen LogP contribution in [0.15, 0.2) is 147 Å². The summed E-state index contributed by atoms with van der Waals surface area (Å²) in [4.78, 5) is 108. The minimum absolute atomic E-state index is 0.000469. The van der Waals surface area contributed by atoms with Crippen molar-refractivity contribution in [2.45, 2.75) is 158 Å². The molecular formula is C98H104F11N19O14. The molecule has 33 nitrogen and oxygen atoms in total. The Morgan fingerprint density at radius 3 is 1.08 bits per heavy atom. The minimum Gasteiger partial charge on any atom is -0.490 e. The van der Waals surface area contributed by atoms with Gasteiger partial charge in [0.25, 0.3) is 5.88 Å². The van der Waals surface area contributed by atoms with Crippen molar-refractivity contribution in [2.24, 2.45) is 89.1 Å². The smallest absolute Gasteiger partial charge is 0.255 e. The highest BCUT2D eigenvalue weighted by Gasteiger charge is 2.61. The van der Waals surface area contributed by atoms with Crippen molar-refractivity contribution in [3.05, 3.63) is 231 Å². The van der Waals surface area contributed by atoms with E-state index in [9.17, 15) is 63.5 Å². The number of fused-ring (bicyclic) bond motifs is 5. The Labute approximate surface area is 808 Å². The number of carbonyl (C=O) groups excluding carboxylic acids is 5. The molecule has 6 fully saturated rings. The Hall–Kier alpha value is -14.0. The Balaban J connectivity index is 0.000000134. The lowest BCUT2D eigenvalue weighted by Crippen LogP contribution is -2.59. The van der Waals surface area contributed by atoms with Gasteiger partial charge in [-0.15, -0.1) is 0 Å². The van der Waals surface area contributed by atoms with Crippen molar-refractivity contribution in [3.8, 4) is 40.6 Å². The lowest BCUT2D eigenvalue weighted by molar-refractivity contribution is -0.146. The van der Waals surface area contributed by atoms with Crippen molar-refractivity contribution in [2.75, 3.05) is 74.9 Å². The van der Waals surface area contributed by atoms with Crippen LogP contribution in [0.4, 0.5) is 54.0 Å². The van der Waals surface area contributed by atoms with Crippen molar-refractivity contribution in [3.63, 3.8) is 0 Å². The molecule has 44 heteroatoms. The first-order valence-corrected chi connectivity index (χ1v) is 45.6. The molecule has 1 saturated carbocycles. The summed E-state index contributed by atoms with van der Waals surface area (Å²) >= 11 is 0. The third kappa shape index (κ3) is 19.8. The summed E-state index contributed by atoms with van der Waals surface area (Å²) in [5, 5.41) is 0. The summed E-state index contributed by atoms with van der Waals surface area (Å²) < 4.78 is 210. The number of aliphatic imine (C=N–C) groups is 5. The van der Waals surface area contributed by atoms with Gasteiger partial charge in [0.1, 0.15) is 62.6 Å². The van der Waals surface area contributed by atoms with Gasteiger partial charge in [-0.2, -0.15) is 0 Å². The standard InChI is InChI=1S/C22H24F2N4O3.C21H19F2N5O3.C20H19F3N4O3.C20H25F2N3O3.C15H17F2N3O2/c1-4-13-8-15-20(29)28(3)21(25)27-22(15,11-30-13)14-9-18(17(24)10-16(14)23)31-19-7-12(2)5-6-26-19;1-11-6-14-19(29)28(3)20(24)27-21(14,10-30-11)13-8-17(16(23)9-15(13)22)31-18-7-12(25-2)4-5-26-18;1-10-6-12-18(28)27(2)19(24)26-20(12,9-29-10)11-7-16(15(23)8-14(11)22)30-17-13(21)4-3-5-25-17;1-3-12-6-14-18(26)25(2)19(23)24-20(14,10-28-12)13-7-17(16(22)8-15(13)21)27-9-11-4-5-11;1-8-5-11-13(21)20(2)14(18)19-15(11,7-22-8)10-4-3-9(16)6-12(10)17/h5-7,9-10,13,15H,4,8,11H2,1-3H3,(H2,25,27);4-5,7-9,11,14H,6,10H2,1,3H3,(H2,24,27);3-5,7-8,10,12H,6,9H2,1-2H3,(H2,24,26);7-8,11-12,14H,3-6,9-10H2,1-2H3,(H2,23,24);3-4,6,8,11H,5,7H2,1-2H3,(H2,18,19)/t13-,15-,22+;11-,14-,21+;10-,12-,20+;12-,14-,20+;8-,11-,15+/m00000/s1. The normalized spacial score (nSPS) is 27.6. The topological polar surface area (TPSA) is 420 Å². The van der Waals surface area contributed by atoms with Gasteiger partial charge in [0.05, 0.1) is 106 Å². The average Bonchev–Trinajstić information content (AvgIpc) is 1.36. The molecule has 0 unspecified atom stereocenters.